The lowest BCUT2D eigenvalue weighted by Crippen LogP contribution is -2.48. The van der Waals surface area contributed by atoms with Crippen LogP contribution >= 0.6 is 0 Å². The Bertz CT molecular complexity index is 1050. The molecule has 158 valence electrons. The maximum Gasteiger partial charge on any atom is 0.435 e. The molecule has 0 fully saturated rings. The van der Waals surface area contributed by atoms with Gasteiger partial charge >= 0.3 is 12.2 Å². The number of nitrogens with zero attached hydrogens (tertiary/aromatic N) is 3. The molecule has 2 aromatic heterocycles. The smallest absolute Gasteiger partial charge is 0.435 e. The number of pyridine rings is 1. The summed E-state index contributed by atoms with van der Waals surface area (Å²) in [5.41, 5.74) is 3.29. The SMILES string of the molecule is CC(C)OC(=O)NN(C(=O)OC(C)C)c1c(-c2ccccc2)nc2c(F)cccn12. The average molecular weight is 414 g/mol. The molecule has 0 saturated carbocycles. The summed E-state index contributed by atoms with van der Waals surface area (Å²) in [4.78, 5) is 29.6. The Kier molecular flexibility index (Phi) is 6.20. The van der Waals surface area contributed by atoms with Crippen LogP contribution < -0.4 is 10.4 Å². The summed E-state index contributed by atoms with van der Waals surface area (Å²) in [5, 5.41) is 0.881. The number of benzene rings is 1. The topological polar surface area (TPSA) is 85.2 Å². The lowest BCUT2D eigenvalue weighted by Gasteiger charge is -2.24. The van der Waals surface area contributed by atoms with Crippen LogP contribution in [0.4, 0.5) is 19.8 Å². The van der Waals surface area contributed by atoms with Gasteiger partial charge in [-0.05, 0) is 39.8 Å². The molecule has 0 unspecified atom stereocenters. The zero-order chi connectivity index (χ0) is 21.8. The molecule has 3 aromatic rings. The van der Waals surface area contributed by atoms with E-state index in [1.54, 1.807) is 52.0 Å². The molecule has 9 heteroatoms. The molecule has 2 heterocycles. The Morgan fingerprint density at radius 2 is 1.70 bits per heavy atom. The molecular weight excluding hydrogens is 391 g/mol. The zero-order valence-electron chi connectivity index (χ0n) is 17.1. The molecule has 0 saturated heterocycles. The largest absolute Gasteiger partial charge is 0.446 e. The van der Waals surface area contributed by atoms with Gasteiger partial charge in [0.15, 0.2) is 17.3 Å². The summed E-state index contributed by atoms with van der Waals surface area (Å²) in [5.74, 6) is -0.468. The van der Waals surface area contributed by atoms with Gasteiger partial charge < -0.3 is 9.47 Å². The highest BCUT2D eigenvalue weighted by molar-refractivity contribution is 5.94. The molecular formula is C21H23FN4O4. The lowest BCUT2D eigenvalue weighted by molar-refractivity contribution is 0.103. The number of halogens is 1. The van der Waals surface area contributed by atoms with Crippen LogP contribution in [0.2, 0.25) is 0 Å². The van der Waals surface area contributed by atoms with Gasteiger partial charge in [0.1, 0.15) is 5.69 Å². The summed E-state index contributed by atoms with van der Waals surface area (Å²) in [6, 6.07) is 11.7. The third-order valence-corrected chi connectivity index (χ3v) is 3.90. The normalized spacial score (nSPS) is 11.0. The van der Waals surface area contributed by atoms with Crippen LogP contribution in [0.5, 0.6) is 0 Å². The van der Waals surface area contributed by atoms with E-state index in [0.717, 1.165) is 5.01 Å². The quantitative estimate of drug-likeness (QED) is 0.634. The third kappa shape index (κ3) is 4.51. The number of aromatic nitrogens is 2. The van der Waals surface area contributed by atoms with Crippen LogP contribution in [0.3, 0.4) is 0 Å². The highest BCUT2D eigenvalue weighted by Crippen LogP contribution is 2.32. The van der Waals surface area contributed by atoms with Crippen LogP contribution in [0.1, 0.15) is 27.7 Å². The van der Waals surface area contributed by atoms with Crippen molar-refractivity contribution in [3.05, 3.63) is 54.5 Å². The number of carbonyl (C=O) groups is 2. The molecule has 0 radical (unpaired) electrons. The van der Waals surface area contributed by atoms with E-state index in [-0.39, 0.29) is 17.2 Å². The van der Waals surface area contributed by atoms with Gasteiger partial charge in [-0.15, -0.1) is 0 Å². The van der Waals surface area contributed by atoms with E-state index in [4.69, 9.17) is 9.47 Å². The molecule has 30 heavy (non-hydrogen) atoms. The molecule has 0 aliphatic carbocycles. The number of hydrogen-bond acceptors (Lipinski definition) is 5. The van der Waals surface area contributed by atoms with Crippen LogP contribution in [-0.2, 0) is 9.47 Å². The van der Waals surface area contributed by atoms with Crippen molar-refractivity contribution in [2.24, 2.45) is 0 Å². The van der Waals surface area contributed by atoms with Gasteiger partial charge in [-0.1, -0.05) is 30.3 Å². The number of hydrazine groups is 1. The standard InChI is InChI=1S/C21H23FN4O4/c1-13(2)29-20(27)24-26(21(28)30-14(3)4)19-17(15-9-6-5-7-10-15)23-18-16(22)11-8-12-25(18)19/h5-14H,1-4H3,(H,24,27). The van der Waals surface area contributed by atoms with Crippen molar-refractivity contribution in [3.63, 3.8) is 0 Å². The Balaban J connectivity index is 2.20. The average Bonchev–Trinajstić information content (AvgIpc) is 3.06. The number of fused-ring (bicyclic) bond motifs is 1. The van der Waals surface area contributed by atoms with Crippen molar-refractivity contribution in [1.29, 1.82) is 0 Å². The van der Waals surface area contributed by atoms with E-state index in [1.807, 2.05) is 6.07 Å². The first-order chi connectivity index (χ1) is 14.3. The molecule has 8 nitrogen and oxygen atoms in total. The third-order valence-electron chi connectivity index (χ3n) is 3.90. The van der Waals surface area contributed by atoms with Crippen molar-refractivity contribution in [2.45, 2.75) is 39.9 Å². The van der Waals surface area contributed by atoms with E-state index < -0.39 is 30.2 Å². The molecule has 0 aliphatic heterocycles. The maximum atomic E-state index is 14.5. The molecule has 2 amide bonds. The number of ether oxygens (including phenoxy) is 2. The lowest BCUT2D eigenvalue weighted by atomic mass is 10.1. The second-order valence-corrected chi connectivity index (χ2v) is 7.03. The summed E-state index contributed by atoms with van der Waals surface area (Å²) in [7, 11) is 0. The zero-order valence-corrected chi connectivity index (χ0v) is 17.1. The summed E-state index contributed by atoms with van der Waals surface area (Å²) in [6.07, 6.45) is -1.07. The van der Waals surface area contributed by atoms with Crippen LogP contribution in [0.15, 0.2) is 48.7 Å². The van der Waals surface area contributed by atoms with Crippen molar-refractivity contribution in [1.82, 2.24) is 14.8 Å². The van der Waals surface area contributed by atoms with Crippen molar-refractivity contribution < 1.29 is 23.5 Å². The molecule has 0 atom stereocenters. The number of anilines is 1. The van der Waals surface area contributed by atoms with E-state index in [9.17, 15) is 14.0 Å². The van der Waals surface area contributed by atoms with Gasteiger partial charge in [-0.25, -0.2) is 24.4 Å². The number of carbonyl (C=O) groups excluding carboxylic acids is 2. The van der Waals surface area contributed by atoms with Crippen LogP contribution in [-0.4, -0.2) is 33.8 Å². The summed E-state index contributed by atoms with van der Waals surface area (Å²) >= 11 is 0. The predicted octanol–water partition coefficient (Wildman–Crippen LogP) is 4.54. The molecule has 1 aromatic carbocycles. The van der Waals surface area contributed by atoms with Crippen molar-refractivity contribution in [3.8, 4) is 11.3 Å². The number of imidazole rings is 1. The van der Waals surface area contributed by atoms with Gasteiger partial charge in [0.2, 0.25) is 0 Å². The molecule has 0 bridgehead atoms. The van der Waals surface area contributed by atoms with E-state index >= 15 is 0 Å². The molecule has 3 rings (SSSR count). The monoisotopic (exact) mass is 414 g/mol. The molecule has 1 N–H and O–H groups in total. The maximum absolute atomic E-state index is 14.5. The first kappa shape index (κ1) is 21.1. The fourth-order valence-electron chi connectivity index (χ4n) is 2.80. The fraction of sp³-hybridized carbons (Fsp3) is 0.286. The van der Waals surface area contributed by atoms with Gasteiger partial charge in [-0.2, -0.15) is 5.01 Å². The first-order valence-corrected chi connectivity index (χ1v) is 9.48. The minimum atomic E-state index is -0.867. The first-order valence-electron chi connectivity index (χ1n) is 9.48. The molecule has 0 spiro atoms. The predicted molar refractivity (Wildman–Crippen MR) is 109 cm³/mol. The van der Waals surface area contributed by atoms with E-state index in [2.05, 4.69) is 10.4 Å². The number of hydrogen-bond donors (Lipinski definition) is 1. The summed E-state index contributed by atoms with van der Waals surface area (Å²) in [6.45, 7) is 6.70. The highest BCUT2D eigenvalue weighted by atomic mass is 19.1. The number of nitrogens with one attached hydrogen (secondary N) is 1. The Hall–Kier alpha value is -3.62. The van der Waals surface area contributed by atoms with Crippen LogP contribution in [0, 0.1) is 5.82 Å². The Morgan fingerprint density at radius 3 is 2.33 bits per heavy atom. The minimum Gasteiger partial charge on any atom is -0.446 e. The Morgan fingerprint density at radius 1 is 1.03 bits per heavy atom. The van der Waals surface area contributed by atoms with Gasteiger partial charge in [-0.3, -0.25) is 4.40 Å². The summed E-state index contributed by atoms with van der Waals surface area (Å²) < 4.78 is 26.3. The van der Waals surface area contributed by atoms with Crippen molar-refractivity contribution >= 4 is 23.7 Å². The number of rotatable bonds is 4. The number of amides is 2. The van der Waals surface area contributed by atoms with Crippen molar-refractivity contribution in [2.75, 3.05) is 5.01 Å². The Labute approximate surface area is 173 Å². The van der Waals surface area contributed by atoms with E-state index in [0.29, 0.717) is 5.56 Å². The minimum absolute atomic E-state index is 0.00673. The van der Waals surface area contributed by atoms with E-state index in [1.165, 1.54) is 22.7 Å². The molecule has 0 aliphatic rings. The highest BCUT2D eigenvalue weighted by Gasteiger charge is 2.30. The van der Waals surface area contributed by atoms with Gasteiger partial charge in [0.05, 0.1) is 12.2 Å². The second-order valence-electron chi connectivity index (χ2n) is 7.03. The van der Waals surface area contributed by atoms with Crippen LogP contribution in [0.25, 0.3) is 16.9 Å². The fourth-order valence-corrected chi connectivity index (χ4v) is 2.80. The van der Waals surface area contributed by atoms with Gasteiger partial charge in [0.25, 0.3) is 0 Å². The van der Waals surface area contributed by atoms with Gasteiger partial charge in [0, 0.05) is 11.8 Å². The second kappa shape index (κ2) is 8.81.